The summed E-state index contributed by atoms with van der Waals surface area (Å²) in [7, 11) is 0. The lowest BCUT2D eigenvalue weighted by molar-refractivity contribution is -0.192. The first-order chi connectivity index (χ1) is 8.88. The first-order valence-corrected chi connectivity index (χ1v) is 5.98. The van der Waals surface area contributed by atoms with Crippen LogP contribution < -0.4 is 0 Å². The van der Waals surface area contributed by atoms with Crippen molar-refractivity contribution in [1.29, 1.82) is 0 Å². The molecule has 1 rings (SSSR count). The predicted octanol–water partition coefficient (Wildman–Crippen LogP) is 0.202. The quantitative estimate of drug-likeness (QED) is 0.534. The van der Waals surface area contributed by atoms with Gasteiger partial charge in [0.2, 0.25) is 0 Å². The summed E-state index contributed by atoms with van der Waals surface area (Å²) >= 11 is 0. The van der Waals surface area contributed by atoms with Crippen LogP contribution in [0, 0.1) is 0 Å². The molecule has 1 heterocycles. The summed E-state index contributed by atoms with van der Waals surface area (Å²) in [6, 6.07) is 0. The average Bonchev–Trinajstić information content (AvgIpc) is 2.28. The van der Waals surface area contributed by atoms with Crippen molar-refractivity contribution in [2.24, 2.45) is 0 Å². The molecule has 0 spiro atoms. The summed E-state index contributed by atoms with van der Waals surface area (Å²) in [6.45, 7) is 4.04. The van der Waals surface area contributed by atoms with E-state index >= 15 is 0 Å². The molecule has 108 valence electrons. The second kappa shape index (κ2) is 7.08. The van der Waals surface area contributed by atoms with Crippen molar-refractivity contribution in [3.8, 4) is 0 Å². The number of rotatable bonds is 4. The molecule has 0 aromatic heterocycles. The van der Waals surface area contributed by atoms with E-state index in [1.165, 1.54) is 20.8 Å². The van der Waals surface area contributed by atoms with Crippen LogP contribution >= 0.6 is 0 Å². The average molecular weight is 274 g/mol. The van der Waals surface area contributed by atoms with Crippen molar-refractivity contribution in [3.63, 3.8) is 0 Å². The van der Waals surface area contributed by atoms with Gasteiger partial charge in [0.15, 0.2) is 6.10 Å². The maximum atomic E-state index is 11.0. The molecule has 7 heteroatoms. The third-order valence-electron chi connectivity index (χ3n) is 2.51. The van der Waals surface area contributed by atoms with Gasteiger partial charge in [0, 0.05) is 27.2 Å². The fraction of sp³-hybridized carbons (Fsp3) is 0.750. The number of hydrogen-bond donors (Lipinski definition) is 0. The number of carbonyl (C=O) groups excluding carboxylic acids is 3. The first kappa shape index (κ1) is 15.4. The number of esters is 3. The molecule has 19 heavy (non-hydrogen) atoms. The van der Waals surface area contributed by atoms with Crippen LogP contribution in [0.15, 0.2) is 0 Å². The highest BCUT2D eigenvalue weighted by Gasteiger charge is 2.36. The van der Waals surface area contributed by atoms with Gasteiger partial charge in [-0.1, -0.05) is 0 Å². The molecule has 0 amide bonds. The van der Waals surface area contributed by atoms with Crippen molar-refractivity contribution in [2.45, 2.75) is 45.5 Å². The van der Waals surface area contributed by atoms with Gasteiger partial charge in [-0.25, -0.2) is 0 Å². The minimum Gasteiger partial charge on any atom is -0.463 e. The highest BCUT2D eigenvalue weighted by molar-refractivity contribution is 5.67. The van der Waals surface area contributed by atoms with E-state index in [1.54, 1.807) is 0 Å². The lowest BCUT2D eigenvalue weighted by Crippen LogP contribution is -2.47. The lowest BCUT2D eigenvalue weighted by atomic mass is 10.0. The fourth-order valence-corrected chi connectivity index (χ4v) is 1.80. The molecule has 7 nitrogen and oxygen atoms in total. The van der Waals surface area contributed by atoms with Crippen molar-refractivity contribution < 1.29 is 33.3 Å². The molecular formula is C12H18O7. The van der Waals surface area contributed by atoms with Crippen LogP contribution in [0.3, 0.4) is 0 Å². The zero-order valence-electron chi connectivity index (χ0n) is 11.2. The minimum absolute atomic E-state index is 0.0832. The summed E-state index contributed by atoms with van der Waals surface area (Å²) in [5.41, 5.74) is 0. The Morgan fingerprint density at radius 3 is 2.11 bits per heavy atom. The van der Waals surface area contributed by atoms with Gasteiger partial charge < -0.3 is 18.9 Å². The van der Waals surface area contributed by atoms with E-state index < -0.39 is 30.1 Å². The van der Waals surface area contributed by atoms with E-state index in [9.17, 15) is 14.4 Å². The summed E-state index contributed by atoms with van der Waals surface area (Å²) in [5.74, 6) is -1.34. The molecular weight excluding hydrogens is 256 g/mol. The lowest BCUT2D eigenvalue weighted by Gasteiger charge is -2.34. The van der Waals surface area contributed by atoms with Crippen molar-refractivity contribution >= 4 is 17.9 Å². The van der Waals surface area contributed by atoms with Gasteiger partial charge in [0.25, 0.3) is 0 Å². The Bertz CT molecular complexity index is 352. The monoisotopic (exact) mass is 274 g/mol. The van der Waals surface area contributed by atoms with Crippen LogP contribution in [0.4, 0.5) is 0 Å². The number of ether oxygens (including phenoxy) is 4. The normalized spacial score (nSPS) is 26.4. The third-order valence-corrected chi connectivity index (χ3v) is 2.51. The maximum Gasteiger partial charge on any atom is 0.303 e. The number of carbonyl (C=O) groups is 3. The van der Waals surface area contributed by atoms with Gasteiger partial charge in [-0.15, -0.1) is 0 Å². The van der Waals surface area contributed by atoms with Gasteiger partial charge in [0.1, 0.15) is 12.7 Å². The number of hydrogen-bond acceptors (Lipinski definition) is 7. The van der Waals surface area contributed by atoms with Gasteiger partial charge in [-0.2, -0.15) is 0 Å². The second-order valence-corrected chi connectivity index (χ2v) is 4.29. The van der Waals surface area contributed by atoms with Crippen LogP contribution in [-0.4, -0.2) is 49.4 Å². The van der Waals surface area contributed by atoms with Gasteiger partial charge in [-0.05, 0) is 0 Å². The summed E-state index contributed by atoms with van der Waals surface area (Å²) in [5, 5.41) is 0. The van der Waals surface area contributed by atoms with Crippen molar-refractivity contribution in [2.75, 3.05) is 13.2 Å². The van der Waals surface area contributed by atoms with Crippen molar-refractivity contribution in [1.82, 2.24) is 0 Å². The molecule has 0 aromatic rings. The van der Waals surface area contributed by atoms with E-state index in [1.807, 2.05) is 0 Å². The third kappa shape index (κ3) is 5.69. The standard InChI is InChI=1S/C12H18O7/c1-7(13)16-5-10-4-11(18-8(2)14)12(6-17-10)19-9(3)15/h10-12H,4-6H2,1-3H3/t10?,11-,12-/m0/s1. The Morgan fingerprint density at radius 1 is 1.00 bits per heavy atom. The smallest absolute Gasteiger partial charge is 0.303 e. The van der Waals surface area contributed by atoms with Gasteiger partial charge in [0.05, 0.1) is 12.7 Å². The Morgan fingerprint density at radius 2 is 1.58 bits per heavy atom. The zero-order valence-corrected chi connectivity index (χ0v) is 11.2. The topological polar surface area (TPSA) is 88.1 Å². The van der Waals surface area contributed by atoms with Crippen LogP contribution in [0.2, 0.25) is 0 Å². The van der Waals surface area contributed by atoms with E-state index in [0.29, 0.717) is 6.42 Å². The Hall–Kier alpha value is -1.63. The first-order valence-electron chi connectivity index (χ1n) is 5.98. The van der Waals surface area contributed by atoms with E-state index in [2.05, 4.69) is 0 Å². The van der Waals surface area contributed by atoms with Crippen LogP contribution in [-0.2, 0) is 33.3 Å². The van der Waals surface area contributed by atoms with Crippen LogP contribution in [0.25, 0.3) is 0 Å². The zero-order chi connectivity index (χ0) is 14.4. The minimum atomic E-state index is -0.630. The molecule has 1 fully saturated rings. The second-order valence-electron chi connectivity index (χ2n) is 4.29. The molecule has 3 atom stereocenters. The molecule has 1 aliphatic rings. The molecule has 1 saturated heterocycles. The molecule has 1 unspecified atom stereocenters. The molecule has 0 bridgehead atoms. The Balaban J connectivity index is 2.56. The summed E-state index contributed by atoms with van der Waals surface area (Å²) in [6.07, 6.45) is -1.28. The highest BCUT2D eigenvalue weighted by atomic mass is 16.6. The van der Waals surface area contributed by atoms with Crippen LogP contribution in [0.1, 0.15) is 27.2 Å². The van der Waals surface area contributed by atoms with E-state index in [-0.39, 0.29) is 19.3 Å². The molecule has 1 aliphatic heterocycles. The fourth-order valence-electron chi connectivity index (χ4n) is 1.80. The molecule has 0 aromatic carbocycles. The SMILES string of the molecule is CC(=O)OCC1C[C@H](OC(C)=O)[C@@H](OC(C)=O)CO1. The molecule has 0 saturated carbocycles. The Labute approximate surface area is 111 Å². The van der Waals surface area contributed by atoms with Crippen LogP contribution in [0.5, 0.6) is 0 Å². The predicted molar refractivity (Wildman–Crippen MR) is 62.1 cm³/mol. The van der Waals surface area contributed by atoms with Gasteiger partial charge >= 0.3 is 17.9 Å². The highest BCUT2D eigenvalue weighted by Crippen LogP contribution is 2.21. The largest absolute Gasteiger partial charge is 0.463 e. The van der Waals surface area contributed by atoms with Gasteiger partial charge in [-0.3, -0.25) is 14.4 Å². The summed E-state index contributed by atoms with van der Waals surface area (Å²) in [4.78, 5) is 32.7. The van der Waals surface area contributed by atoms with E-state index in [0.717, 1.165) is 0 Å². The molecule has 0 radical (unpaired) electrons. The maximum absolute atomic E-state index is 11.0. The van der Waals surface area contributed by atoms with Crippen molar-refractivity contribution in [3.05, 3.63) is 0 Å². The Kier molecular flexibility index (Phi) is 5.75. The summed E-state index contributed by atoms with van der Waals surface area (Å²) < 4.78 is 20.4. The molecule has 0 aliphatic carbocycles. The molecule has 0 N–H and O–H groups in total. The van der Waals surface area contributed by atoms with E-state index in [4.69, 9.17) is 18.9 Å².